The second kappa shape index (κ2) is 11.4. The summed E-state index contributed by atoms with van der Waals surface area (Å²) >= 11 is 0. The summed E-state index contributed by atoms with van der Waals surface area (Å²) in [6.07, 6.45) is 2.85. The van der Waals surface area contributed by atoms with E-state index in [4.69, 9.17) is 4.99 Å². The Morgan fingerprint density at radius 3 is 2.55 bits per heavy atom. The highest BCUT2D eigenvalue weighted by atomic mass is 19.4. The lowest BCUT2D eigenvalue weighted by Crippen LogP contribution is -2.41. The van der Waals surface area contributed by atoms with E-state index in [1.165, 1.54) is 16.2 Å². The Labute approximate surface area is 183 Å². The molecule has 2 heterocycles. The van der Waals surface area contributed by atoms with Crippen LogP contribution in [-0.4, -0.2) is 62.8 Å². The smallest absolute Gasteiger partial charge is 0.364 e. The first kappa shape index (κ1) is 23.4. The Balaban J connectivity index is 1.43. The molecule has 0 atom stereocenters. The van der Waals surface area contributed by atoms with E-state index in [2.05, 4.69) is 52.0 Å². The van der Waals surface area contributed by atoms with Gasteiger partial charge in [0, 0.05) is 31.9 Å². The number of likely N-dealkylation sites (tertiary alicyclic amines) is 1. The average Bonchev–Trinajstić information content (AvgIpc) is 3.27. The number of aliphatic imine (C=N–C) groups is 1. The maximum Gasteiger partial charge on any atom is 0.401 e. The van der Waals surface area contributed by atoms with Crippen LogP contribution in [0.5, 0.6) is 0 Å². The molecule has 1 fully saturated rings. The van der Waals surface area contributed by atoms with Crippen LogP contribution >= 0.6 is 0 Å². The Morgan fingerprint density at radius 2 is 1.87 bits per heavy atom. The largest absolute Gasteiger partial charge is 0.401 e. The molecule has 2 N–H and O–H groups in total. The van der Waals surface area contributed by atoms with Gasteiger partial charge in [0.1, 0.15) is 0 Å². The Kier molecular flexibility index (Phi) is 8.63. The summed E-state index contributed by atoms with van der Waals surface area (Å²) in [5.41, 5.74) is 2.38. The highest BCUT2D eigenvalue weighted by Gasteiger charge is 2.32. The monoisotopic (exact) mass is 437 g/mol. The lowest BCUT2D eigenvalue weighted by Gasteiger charge is -2.32. The van der Waals surface area contributed by atoms with Gasteiger partial charge in [0.25, 0.3) is 0 Å². The first-order valence-corrected chi connectivity index (χ1v) is 11.2. The van der Waals surface area contributed by atoms with Crippen LogP contribution in [0.1, 0.15) is 31.7 Å². The standard InChI is InChI=1S/C23H34F3N5/c1-2-27-22(28-11-8-19-9-14-30(15-10-19)18-23(24,25)26)29-17-20-6-5-7-21(16-20)31-12-3-4-13-31/h3-7,16,19H,2,8-15,17-18H2,1H3,(H2,27,28,29). The summed E-state index contributed by atoms with van der Waals surface area (Å²) in [6.45, 7) is 6.36. The third-order valence-electron chi connectivity index (χ3n) is 5.81. The van der Waals surface area contributed by atoms with Crippen molar-refractivity contribution in [3.63, 3.8) is 0 Å². The Hall–Kier alpha value is -2.22. The molecule has 0 aliphatic carbocycles. The number of nitrogens with one attached hydrogen (secondary N) is 2. The molecule has 0 radical (unpaired) electrons. The number of hydrogen-bond acceptors (Lipinski definition) is 3. The number of alkyl halides is 3. The number of nitrogens with zero attached hydrogens (tertiary/aromatic N) is 3. The van der Waals surface area contributed by atoms with Crippen molar-refractivity contribution < 1.29 is 13.2 Å². The van der Waals surface area contributed by atoms with Crippen LogP contribution in [0.4, 0.5) is 18.9 Å². The average molecular weight is 438 g/mol. The number of guanidine groups is 1. The molecule has 3 rings (SSSR count). The van der Waals surface area contributed by atoms with E-state index >= 15 is 0 Å². The van der Waals surface area contributed by atoms with E-state index in [0.29, 0.717) is 25.6 Å². The van der Waals surface area contributed by atoms with E-state index in [0.717, 1.165) is 51.4 Å². The molecule has 0 amide bonds. The van der Waals surface area contributed by atoms with Gasteiger partial charge >= 0.3 is 6.18 Å². The van der Waals surface area contributed by atoms with Gasteiger partial charge in [-0.1, -0.05) is 24.3 Å². The van der Waals surface area contributed by atoms with E-state index in [1.54, 1.807) is 0 Å². The molecule has 8 heteroatoms. The maximum atomic E-state index is 12.5. The summed E-state index contributed by atoms with van der Waals surface area (Å²) in [4.78, 5) is 8.55. The first-order chi connectivity index (χ1) is 14.9. The summed E-state index contributed by atoms with van der Waals surface area (Å²) in [6, 6.07) is 8.48. The fourth-order valence-electron chi connectivity index (χ4n) is 4.13. The number of halogens is 3. The van der Waals surface area contributed by atoms with Crippen LogP contribution in [0, 0.1) is 5.92 Å². The Morgan fingerprint density at radius 1 is 1.13 bits per heavy atom. The van der Waals surface area contributed by atoms with Crippen LogP contribution in [0.2, 0.25) is 0 Å². The van der Waals surface area contributed by atoms with Crippen molar-refractivity contribution in [3.8, 4) is 0 Å². The van der Waals surface area contributed by atoms with E-state index in [-0.39, 0.29) is 0 Å². The Bertz CT molecular complexity index is 731. The number of benzene rings is 1. The third kappa shape index (κ3) is 8.09. The molecule has 0 saturated carbocycles. The van der Waals surface area contributed by atoms with Crippen molar-refractivity contribution in [1.29, 1.82) is 0 Å². The molecule has 1 aromatic carbocycles. The molecule has 2 aliphatic rings. The van der Waals surface area contributed by atoms with Gasteiger partial charge in [-0.25, -0.2) is 4.99 Å². The van der Waals surface area contributed by atoms with Crippen LogP contribution in [0.3, 0.4) is 0 Å². The van der Waals surface area contributed by atoms with Gasteiger partial charge in [0.2, 0.25) is 0 Å². The number of rotatable bonds is 8. The second-order valence-electron chi connectivity index (χ2n) is 8.29. The van der Waals surface area contributed by atoms with Crippen LogP contribution in [0.25, 0.3) is 0 Å². The van der Waals surface area contributed by atoms with Gasteiger partial charge in [-0.3, -0.25) is 4.90 Å². The zero-order valence-electron chi connectivity index (χ0n) is 18.3. The molecular formula is C23H34F3N5. The van der Waals surface area contributed by atoms with Crippen LogP contribution in [-0.2, 0) is 6.54 Å². The molecule has 2 aliphatic heterocycles. The van der Waals surface area contributed by atoms with Gasteiger partial charge < -0.3 is 15.5 Å². The maximum absolute atomic E-state index is 12.5. The van der Waals surface area contributed by atoms with Crippen molar-refractivity contribution in [2.75, 3.05) is 50.7 Å². The van der Waals surface area contributed by atoms with Gasteiger partial charge in [-0.2, -0.15) is 13.2 Å². The highest BCUT2D eigenvalue weighted by Crippen LogP contribution is 2.24. The fraction of sp³-hybridized carbons (Fsp3) is 0.609. The van der Waals surface area contributed by atoms with Crippen LogP contribution in [0.15, 0.2) is 41.4 Å². The minimum atomic E-state index is -4.10. The quantitative estimate of drug-likeness (QED) is 0.369. The van der Waals surface area contributed by atoms with Gasteiger partial charge in [-0.15, -0.1) is 0 Å². The van der Waals surface area contributed by atoms with Gasteiger partial charge in [-0.05, 0) is 62.9 Å². The van der Waals surface area contributed by atoms with E-state index < -0.39 is 12.7 Å². The third-order valence-corrected chi connectivity index (χ3v) is 5.81. The summed E-state index contributed by atoms with van der Waals surface area (Å²) in [5.74, 6) is 1.25. The van der Waals surface area contributed by atoms with Gasteiger partial charge in [0.15, 0.2) is 5.96 Å². The SMILES string of the molecule is CCNC(=NCc1cccc(N2CC=CC2)c1)NCCC1CCN(CC(F)(F)F)CC1. The minimum Gasteiger partial charge on any atom is -0.364 e. The lowest BCUT2D eigenvalue weighted by molar-refractivity contribution is -0.148. The predicted molar refractivity (Wildman–Crippen MR) is 120 cm³/mol. The number of anilines is 1. The fourth-order valence-corrected chi connectivity index (χ4v) is 4.13. The van der Waals surface area contributed by atoms with E-state index in [1.807, 2.05) is 6.92 Å². The van der Waals surface area contributed by atoms with Crippen LogP contribution < -0.4 is 15.5 Å². The topological polar surface area (TPSA) is 42.9 Å². The minimum absolute atomic E-state index is 0.464. The lowest BCUT2D eigenvalue weighted by atomic mass is 9.93. The number of hydrogen-bond donors (Lipinski definition) is 2. The zero-order chi connectivity index (χ0) is 22.1. The van der Waals surface area contributed by atoms with Crippen molar-refractivity contribution in [2.45, 2.75) is 38.9 Å². The predicted octanol–water partition coefficient (Wildman–Crippen LogP) is 3.78. The van der Waals surface area contributed by atoms with E-state index in [9.17, 15) is 13.2 Å². The van der Waals surface area contributed by atoms with Crippen molar-refractivity contribution in [2.24, 2.45) is 10.9 Å². The molecule has 31 heavy (non-hydrogen) atoms. The van der Waals surface area contributed by atoms with Crippen molar-refractivity contribution in [3.05, 3.63) is 42.0 Å². The molecule has 1 aromatic rings. The first-order valence-electron chi connectivity index (χ1n) is 11.2. The van der Waals surface area contributed by atoms with Gasteiger partial charge in [0.05, 0.1) is 13.1 Å². The molecule has 0 unspecified atom stereocenters. The molecule has 172 valence electrons. The normalized spacial score (nSPS) is 18.6. The highest BCUT2D eigenvalue weighted by molar-refractivity contribution is 5.79. The molecule has 0 spiro atoms. The summed E-state index contributed by atoms with van der Waals surface area (Å²) in [5, 5.41) is 6.66. The van der Waals surface area contributed by atoms with Crippen molar-refractivity contribution >= 4 is 11.6 Å². The molecule has 0 bridgehead atoms. The molecule has 5 nitrogen and oxygen atoms in total. The van der Waals surface area contributed by atoms with Crippen molar-refractivity contribution in [1.82, 2.24) is 15.5 Å². The molecule has 0 aromatic heterocycles. The molecule has 1 saturated heterocycles. The molecular weight excluding hydrogens is 403 g/mol. The number of piperidine rings is 1. The summed E-state index contributed by atoms with van der Waals surface area (Å²) < 4.78 is 37.6. The summed E-state index contributed by atoms with van der Waals surface area (Å²) in [7, 11) is 0. The second-order valence-corrected chi connectivity index (χ2v) is 8.29. The zero-order valence-corrected chi connectivity index (χ0v) is 18.3.